The fourth-order valence-corrected chi connectivity index (χ4v) is 5.14. The van der Waals surface area contributed by atoms with Crippen LogP contribution in [-0.2, 0) is 15.4 Å². The molecule has 1 amide bonds. The molecule has 164 valence electrons. The summed E-state index contributed by atoms with van der Waals surface area (Å²) < 4.78 is 33.1. The van der Waals surface area contributed by atoms with Crippen LogP contribution in [0.15, 0.2) is 51.8 Å². The van der Waals surface area contributed by atoms with Crippen molar-refractivity contribution in [1.82, 2.24) is 9.29 Å². The number of sulfonamides is 1. The van der Waals surface area contributed by atoms with Crippen molar-refractivity contribution in [1.29, 1.82) is 0 Å². The molecule has 0 unspecified atom stereocenters. The molecule has 3 aromatic rings. The van der Waals surface area contributed by atoms with E-state index in [-0.39, 0.29) is 21.8 Å². The summed E-state index contributed by atoms with van der Waals surface area (Å²) in [5.41, 5.74) is 1.94. The predicted molar refractivity (Wildman–Crippen MR) is 120 cm³/mol. The van der Waals surface area contributed by atoms with Crippen LogP contribution in [0.1, 0.15) is 56.3 Å². The third kappa shape index (κ3) is 4.50. The highest BCUT2D eigenvalue weighted by Crippen LogP contribution is 2.28. The maximum atomic E-state index is 12.9. The average Bonchev–Trinajstić information content (AvgIpc) is 3.18. The van der Waals surface area contributed by atoms with Crippen molar-refractivity contribution in [3.05, 3.63) is 53.9 Å². The minimum Gasteiger partial charge on any atom is -0.440 e. The Balaban J connectivity index is 1.55. The smallest absolute Gasteiger partial charge is 0.255 e. The monoisotopic (exact) mass is 441 g/mol. The lowest BCUT2D eigenvalue weighted by Gasteiger charge is -2.26. The van der Waals surface area contributed by atoms with Crippen LogP contribution in [0.2, 0.25) is 0 Å². The molecule has 8 heteroatoms. The van der Waals surface area contributed by atoms with Crippen LogP contribution in [0.3, 0.4) is 0 Å². The molecule has 7 nitrogen and oxygen atoms in total. The van der Waals surface area contributed by atoms with Crippen LogP contribution < -0.4 is 5.32 Å². The normalized spacial score (nSPS) is 15.8. The number of anilines is 1. The highest BCUT2D eigenvalue weighted by Gasteiger charge is 2.26. The summed E-state index contributed by atoms with van der Waals surface area (Å²) >= 11 is 0. The number of rotatable bonds is 4. The summed E-state index contributed by atoms with van der Waals surface area (Å²) in [6.45, 7) is 7.10. The van der Waals surface area contributed by atoms with Crippen molar-refractivity contribution >= 4 is 32.7 Å². The van der Waals surface area contributed by atoms with Gasteiger partial charge in [0.05, 0.1) is 4.90 Å². The Bertz CT molecular complexity index is 1220. The molecule has 0 bridgehead atoms. The Morgan fingerprint density at radius 1 is 1.06 bits per heavy atom. The number of amides is 1. The number of hydrogen-bond donors (Lipinski definition) is 1. The van der Waals surface area contributed by atoms with Crippen molar-refractivity contribution in [2.45, 2.75) is 50.3 Å². The molecule has 1 saturated heterocycles. The molecule has 1 aliphatic rings. The maximum Gasteiger partial charge on any atom is 0.255 e. The molecule has 0 saturated carbocycles. The lowest BCUT2D eigenvalue weighted by Crippen LogP contribution is -2.35. The number of hydrogen-bond acceptors (Lipinski definition) is 5. The quantitative estimate of drug-likeness (QED) is 0.641. The van der Waals surface area contributed by atoms with Gasteiger partial charge >= 0.3 is 0 Å². The third-order valence-electron chi connectivity index (χ3n) is 5.34. The number of fused-ring (bicyclic) bond motifs is 1. The number of nitrogens with one attached hydrogen (secondary N) is 1. The number of oxazole rings is 1. The van der Waals surface area contributed by atoms with Crippen molar-refractivity contribution in [3.8, 4) is 0 Å². The number of carbonyl (C=O) groups excluding carboxylic acids is 1. The van der Waals surface area contributed by atoms with Gasteiger partial charge in [-0.3, -0.25) is 4.79 Å². The molecule has 4 rings (SSSR count). The van der Waals surface area contributed by atoms with Gasteiger partial charge in [0.1, 0.15) is 5.52 Å². The van der Waals surface area contributed by atoms with E-state index in [4.69, 9.17) is 4.42 Å². The van der Waals surface area contributed by atoms with Crippen molar-refractivity contribution < 1.29 is 17.6 Å². The zero-order chi connectivity index (χ0) is 22.2. The molecular formula is C23H27N3O4S. The molecule has 0 radical (unpaired) electrons. The van der Waals surface area contributed by atoms with Gasteiger partial charge < -0.3 is 9.73 Å². The Labute approximate surface area is 182 Å². The summed E-state index contributed by atoms with van der Waals surface area (Å²) in [4.78, 5) is 17.5. The van der Waals surface area contributed by atoms with Crippen LogP contribution in [0, 0.1) is 0 Å². The summed E-state index contributed by atoms with van der Waals surface area (Å²) in [5, 5.41) is 2.83. The molecular weight excluding hydrogens is 414 g/mol. The highest BCUT2D eigenvalue weighted by atomic mass is 32.2. The number of benzene rings is 2. The van der Waals surface area contributed by atoms with Crippen LogP contribution in [0.5, 0.6) is 0 Å². The maximum absolute atomic E-state index is 12.9. The van der Waals surface area contributed by atoms with Gasteiger partial charge in [-0.25, -0.2) is 13.4 Å². The van der Waals surface area contributed by atoms with E-state index in [1.807, 2.05) is 20.8 Å². The van der Waals surface area contributed by atoms with Crippen LogP contribution in [0.25, 0.3) is 11.1 Å². The third-order valence-corrected chi connectivity index (χ3v) is 7.23. The summed E-state index contributed by atoms with van der Waals surface area (Å²) in [6.07, 6.45) is 2.77. The predicted octanol–water partition coefficient (Wildman–Crippen LogP) is 4.55. The molecule has 31 heavy (non-hydrogen) atoms. The zero-order valence-corrected chi connectivity index (χ0v) is 18.8. The van der Waals surface area contributed by atoms with Gasteiger partial charge in [-0.1, -0.05) is 33.3 Å². The van der Waals surface area contributed by atoms with E-state index in [1.165, 1.54) is 16.4 Å². The first-order chi connectivity index (χ1) is 14.6. The van der Waals surface area contributed by atoms with Crippen LogP contribution >= 0.6 is 0 Å². The zero-order valence-electron chi connectivity index (χ0n) is 18.0. The molecule has 0 aliphatic carbocycles. The standard InChI is InChI=1S/C23H27N3O4S/c1-23(2,3)22-25-19-15-17(10-11-20(19)30-22)24-21(27)16-8-7-9-18(14-16)31(28,29)26-12-5-4-6-13-26/h7-11,14-15H,4-6,12-13H2,1-3H3,(H,24,27). The van der Waals surface area contributed by atoms with E-state index in [0.29, 0.717) is 35.8 Å². The van der Waals surface area contributed by atoms with Gasteiger partial charge in [-0.2, -0.15) is 4.31 Å². The fraction of sp³-hybridized carbons (Fsp3) is 0.391. The van der Waals surface area contributed by atoms with Gasteiger partial charge in [0.15, 0.2) is 5.58 Å². The molecule has 1 N–H and O–H groups in total. The Hall–Kier alpha value is -2.71. The first kappa shape index (κ1) is 21.5. The van der Waals surface area contributed by atoms with Crippen LogP contribution in [0.4, 0.5) is 5.69 Å². The minimum atomic E-state index is -3.60. The average molecular weight is 442 g/mol. The number of carbonyl (C=O) groups is 1. The second-order valence-corrected chi connectivity index (χ2v) is 10.8. The van der Waals surface area contributed by atoms with E-state index in [2.05, 4.69) is 10.3 Å². The highest BCUT2D eigenvalue weighted by molar-refractivity contribution is 7.89. The summed E-state index contributed by atoms with van der Waals surface area (Å²) in [7, 11) is -3.60. The number of nitrogens with zero attached hydrogens (tertiary/aromatic N) is 2. The molecule has 1 aliphatic heterocycles. The van der Waals surface area contributed by atoms with E-state index < -0.39 is 10.0 Å². The van der Waals surface area contributed by atoms with E-state index >= 15 is 0 Å². The molecule has 1 aromatic heterocycles. The summed E-state index contributed by atoms with van der Waals surface area (Å²) in [5.74, 6) is 0.246. The number of piperidine rings is 1. The molecule has 2 aromatic carbocycles. The van der Waals surface area contributed by atoms with Gasteiger partial charge in [0.25, 0.3) is 5.91 Å². The molecule has 0 atom stereocenters. The Morgan fingerprint density at radius 3 is 2.52 bits per heavy atom. The molecule has 2 heterocycles. The van der Waals surface area contributed by atoms with Gasteiger partial charge in [0, 0.05) is 29.8 Å². The first-order valence-corrected chi connectivity index (χ1v) is 11.9. The topological polar surface area (TPSA) is 92.5 Å². The Morgan fingerprint density at radius 2 is 1.81 bits per heavy atom. The number of aromatic nitrogens is 1. The lowest BCUT2D eigenvalue weighted by atomic mass is 9.97. The van der Waals surface area contributed by atoms with E-state index in [1.54, 1.807) is 30.3 Å². The second kappa shape index (κ2) is 8.09. The molecule has 0 spiro atoms. The first-order valence-electron chi connectivity index (χ1n) is 10.5. The summed E-state index contributed by atoms with van der Waals surface area (Å²) in [6, 6.07) is 11.4. The Kier molecular flexibility index (Phi) is 5.61. The lowest BCUT2D eigenvalue weighted by molar-refractivity contribution is 0.102. The molecule has 1 fully saturated rings. The van der Waals surface area contributed by atoms with Gasteiger partial charge in [0.2, 0.25) is 15.9 Å². The van der Waals surface area contributed by atoms with E-state index in [9.17, 15) is 13.2 Å². The van der Waals surface area contributed by atoms with Crippen LogP contribution in [-0.4, -0.2) is 36.7 Å². The van der Waals surface area contributed by atoms with Crippen molar-refractivity contribution in [2.75, 3.05) is 18.4 Å². The van der Waals surface area contributed by atoms with E-state index in [0.717, 1.165) is 19.3 Å². The van der Waals surface area contributed by atoms with Crippen molar-refractivity contribution in [2.24, 2.45) is 0 Å². The second-order valence-electron chi connectivity index (χ2n) is 8.90. The SMILES string of the molecule is CC(C)(C)c1nc2cc(NC(=O)c3cccc(S(=O)(=O)N4CCCCC4)c3)ccc2o1. The fourth-order valence-electron chi connectivity index (χ4n) is 3.58. The largest absolute Gasteiger partial charge is 0.440 e. The van der Waals surface area contributed by atoms with Gasteiger partial charge in [-0.05, 0) is 49.2 Å². The van der Waals surface area contributed by atoms with Gasteiger partial charge in [-0.15, -0.1) is 0 Å². The minimum absolute atomic E-state index is 0.142. The van der Waals surface area contributed by atoms with Crippen molar-refractivity contribution in [3.63, 3.8) is 0 Å².